The molecule has 0 aliphatic carbocycles. The number of hydrogen-bond donors (Lipinski definition) is 1. The molecule has 2 aromatic carbocycles. The van der Waals surface area contributed by atoms with Gasteiger partial charge in [0.05, 0.1) is 19.8 Å². The van der Waals surface area contributed by atoms with Crippen LogP contribution in [0.4, 0.5) is 5.69 Å². The molecule has 8 nitrogen and oxygen atoms in total. The first-order valence-electron chi connectivity index (χ1n) is 8.54. The molecule has 0 saturated carbocycles. The third-order valence-corrected chi connectivity index (χ3v) is 3.93. The van der Waals surface area contributed by atoms with Crippen LogP contribution in [-0.4, -0.2) is 36.2 Å². The first-order chi connectivity index (χ1) is 13.6. The van der Waals surface area contributed by atoms with Gasteiger partial charge in [-0.05, 0) is 30.3 Å². The van der Waals surface area contributed by atoms with Crippen molar-refractivity contribution in [2.75, 3.05) is 19.5 Å². The molecule has 8 heteroatoms. The van der Waals surface area contributed by atoms with Crippen LogP contribution in [0.3, 0.4) is 0 Å². The SMILES string of the molecule is COC(=O)c1cccc(NC(=O)CCc2nc(-c3cccc(OC)c3)no2)c1. The largest absolute Gasteiger partial charge is 0.497 e. The Morgan fingerprint density at radius 2 is 1.93 bits per heavy atom. The van der Waals surface area contributed by atoms with Gasteiger partial charge < -0.3 is 19.3 Å². The molecule has 0 unspecified atom stereocenters. The van der Waals surface area contributed by atoms with Crippen molar-refractivity contribution in [1.29, 1.82) is 0 Å². The Bertz CT molecular complexity index is 983. The summed E-state index contributed by atoms with van der Waals surface area (Å²) in [7, 11) is 2.89. The second-order valence-electron chi connectivity index (χ2n) is 5.86. The van der Waals surface area contributed by atoms with Crippen molar-refractivity contribution in [3.05, 3.63) is 60.0 Å². The van der Waals surface area contributed by atoms with E-state index < -0.39 is 5.97 Å². The number of amides is 1. The lowest BCUT2D eigenvalue weighted by Gasteiger charge is -2.06. The molecule has 0 radical (unpaired) electrons. The Balaban J connectivity index is 1.58. The standard InChI is InChI=1S/C20H19N3O5/c1-26-16-8-4-5-13(12-16)19-22-18(28-23-19)10-9-17(24)21-15-7-3-6-14(11-15)20(25)27-2/h3-8,11-12H,9-10H2,1-2H3,(H,21,24). The molecule has 3 aromatic rings. The first-order valence-corrected chi connectivity index (χ1v) is 8.54. The van der Waals surface area contributed by atoms with Crippen molar-refractivity contribution in [3.8, 4) is 17.1 Å². The molecule has 1 heterocycles. The summed E-state index contributed by atoms with van der Waals surface area (Å²) in [6, 6.07) is 13.8. The first kappa shape index (κ1) is 19.1. The Morgan fingerprint density at radius 1 is 1.11 bits per heavy atom. The quantitative estimate of drug-likeness (QED) is 0.627. The number of esters is 1. The number of hydrogen-bond acceptors (Lipinski definition) is 7. The highest BCUT2D eigenvalue weighted by Crippen LogP contribution is 2.21. The summed E-state index contributed by atoms with van der Waals surface area (Å²) in [6.07, 6.45) is 0.446. The van der Waals surface area contributed by atoms with Gasteiger partial charge in [-0.1, -0.05) is 23.4 Å². The minimum absolute atomic E-state index is 0.155. The van der Waals surface area contributed by atoms with Gasteiger partial charge in [-0.25, -0.2) is 4.79 Å². The Morgan fingerprint density at radius 3 is 2.71 bits per heavy atom. The molecule has 1 aromatic heterocycles. The van der Waals surface area contributed by atoms with Crippen LogP contribution in [0.5, 0.6) is 5.75 Å². The summed E-state index contributed by atoms with van der Waals surface area (Å²) in [4.78, 5) is 28.0. The van der Waals surface area contributed by atoms with Crippen molar-refractivity contribution in [1.82, 2.24) is 10.1 Å². The van der Waals surface area contributed by atoms with E-state index in [0.29, 0.717) is 35.1 Å². The summed E-state index contributed by atoms with van der Waals surface area (Å²) >= 11 is 0. The zero-order valence-electron chi connectivity index (χ0n) is 15.5. The molecular formula is C20H19N3O5. The predicted molar refractivity (Wildman–Crippen MR) is 101 cm³/mol. The van der Waals surface area contributed by atoms with E-state index in [9.17, 15) is 9.59 Å². The molecule has 0 aliphatic rings. The number of carbonyl (C=O) groups excluding carboxylic acids is 2. The molecule has 0 atom stereocenters. The number of aromatic nitrogens is 2. The van der Waals surface area contributed by atoms with Gasteiger partial charge >= 0.3 is 5.97 Å². The van der Waals surface area contributed by atoms with Crippen LogP contribution in [-0.2, 0) is 16.0 Å². The van der Waals surface area contributed by atoms with Crippen molar-refractivity contribution < 1.29 is 23.6 Å². The third-order valence-electron chi connectivity index (χ3n) is 3.93. The number of carbonyl (C=O) groups is 2. The van der Waals surface area contributed by atoms with E-state index in [1.165, 1.54) is 7.11 Å². The molecule has 0 spiro atoms. The van der Waals surface area contributed by atoms with E-state index in [1.54, 1.807) is 37.4 Å². The third kappa shape index (κ3) is 4.73. The van der Waals surface area contributed by atoms with Crippen LogP contribution in [0.2, 0.25) is 0 Å². The minimum Gasteiger partial charge on any atom is -0.497 e. The number of anilines is 1. The van der Waals surface area contributed by atoms with E-state index in [4.69, 9.17) is 9.26 Å². The number of methoxy groups -OCH3 is 2. The van der Waals surface area contributed by atoms with Crippen LogP contribution in [0, 0.1) is 0 Å². The Labute approximate surface area is 161 Å². The second kappa shape index (κ2) is 8.81. The molecule has 0 aliphatic heterocycles. The number of rotatable bonds is 7. The molecule has 144 valence electrons. The summed E-state index contributed by atoms with van der Waals surface area (Å²) in [5.74, 6) is 0.781. The fourth-order valence-electron chi connectivity index (χ4n) is 2.52. The topological polar surface area (TPSA) is 104 Å². The zero-order chi connectivity index (χ0) is 19.9. The number of nitrogens with one attached hydrogen (secondary N) is 1. The van der Waals surface area contributed by atoms with E-state index in [0.717, 1.165) is 5.56 Å². The predicted octanol–water partition coefficient (Wildman–Crippen LogP) is 3.10. The molecular weight excluding hydrogens is 362 g/mol. The maximum atomic E-state index is 12.2. The van der Waals surface area contributed by atoms with Gasteiger partial charge in [-0.3, -0.25) is 4.79 Å². The lowest BCUT2D eigenvalue weighted by Crippen LogP contribution is -2.13. The average molecular weight is 381 g/mol. The van der Waals surface area contributed by atoms with Gasteiger partial charge in [0.2, 0.25) is 17.6 Å². The van der Waals surface area contributed by atoms with Crippen molar-refractivity contribution >= 4 is 17.6 Å². The van der Waals surface area contributed by atoms with Crippen LogP contribution >= 0.6 is 0 Å². The van der Waals surface area contributed by atoms with Gasteiger partial charge in [0.25, 0.3) is 0 Å². The maximum Gasteiger partial charge on any atom is 0.337 e. The monoisotopic (exact) mass is 381 g/mol. The molecule has 28 heavy (non-hydrogen) atoms. The lowest BCUT2D eigenvalue weighted by molar-refractivity contribution is -0.116. The number of benzene rings is 2. The second-order valence-corrected chi connectivity index (χ2v) is 5.86. The van der Waals surface area contributed by atoms with Gasteiger partial charge in [-0.15, -0.1) is 0 Å². The fourth-order valence-corrected chi connectivity index (χ4v) is 2.52. The summed E-state index contributed by atoms with van der Waals surface area (Å²) < 4.78 is 15.1. The normalized spacial score (nSPS) is 10.4. The van der Waals surface area contributed by atoms with E-state index in [2.05, 4.69) is 20.2 Å². The van der Waals surface area contributed by atoms with E-state index in [1.807, 2.05) is 18.2 Å². The van der Waals surface area contributed by atoms with Gasteiger partial charge in [0.15, 0.2) is 0 Å². The molecule has 3 rings (SSSR count). The van der Waals surface area contributed by atoms with E-state index >= 15 is 0 Å². The summed E-state index contributed by atoms with van der Waals surface area (Å²) in [5, 5.41) is 6.67. The van der Waals surface area contributed by atoms with Crippen molar-refractivity contribution in [2.45, 2.75) is 12.8 Å². The van der Waals surface area contributed by atoms with E-state index in [-0.39, 0.29) is 12.3 Å². The Kier molecular flexibility index (Phi) is 6.01. The van der Waals surface area contributed by atoms with Crippen LogP contribution < -0.4 is 10.1 Å². The van der Waals surface area contributed by atoms with Gasteiger partial charge in [0, 0.05) is 24.1 Å². The highest BCUT2D eigenvalue weighted by Gasteiger charge is 2.12. The van der Waals surface area contributed by atoms with Gasteiger partial charge in [-0.2, -0.15) is 4.98 Å². The highest BCUT2D eigenvalue weighted by atomic mass is 16.5. The maximum absolute atomic E-state index is 12.2. The number of nitrogens with zero attached hydrogens (tertiary/aromatic N) is 2. The molecule has 1 N–H and O–H groups in total. The molecule has 1 amide bonds. The summed E-state index contributed by atoms with van der Waals surface area (Å²) in [6.45, 7) is 0. The zero-order valence-corrected chi connectivity index (χ0v) is 15.5. The molecule has 0 saturated heterocycles. The van der Waals surface area contributed by atoms with Crippen molar-refractivity contribution in [2.24, 2.45) is 0 Å². The number of ether oxygens (including phenoxy) is 2. The van der Waals surface area contributed by atoms with Crippen LogP contribution in [0.15, 0.2) is 53.1 Å². The Hall–Kier alpha value is -3.68. The minimum atomic E-state index is -0.466. The van der Waals surface area contributed by atoms with Gasteiger partial charge in [0.1, 0.15) is 5.75 Å². The highest BCUT2D eigenvalue weighted by molar-refractivity contribution is 5.94. The molecule has 0 bridgehead atoms. The number of aryl methyl sites for hydroxylation is 1. The summed E-state index contributed by atoms with van der Waals surface area (Å²) in [5.41, 5.74) is 1.63. The molecule has 0 fully saturated rings. The average Bonchev–Trinajstić information content (AvgIpc) is 3.21. The lowest BCUT2D eigenvalue weighted by atomic mass is 10.2. The van der Waals surface area contributed by atoms with Crippen molar-refractivity contribution in [3.63, 3.8) is 0 Å². The fraction of sp³-hybridized carbons (Fsp3) is 0.200. The van der Waals surface area contributed by atoms with Crippen LogP contribution in [0.25, 0.3) is 11.4 Å². The van der Waals surface area contributed by atoms with Crippen LogP contribution in [0.1, 0.15) is 22.7 Å². The smallest absolute Gasteiger partial charge is 0.337 e.